The summed E-state index contributed by atoms with van der Waals surface area (Å²) in [5, 5.41) is 7.99. The van der Waals surface area contributed by atoms with E-state index in [1.807, 2.05) is 0 Å². The van der Waals surface area contributed by atoms with Gasteiger partial charge in [-0.3, -0.25) is 0 Å². The maximum Gasteiger partial charge on any atom is 0.318 e. The average Bonchev–Trinajstić information content (AvgIpc) is 3.14. The van der Waals surface area contributed by atoms with E-state index < -0.39 is 0 Å². The number of aromatic nitrogens is 2. The maximum absolute atomic E-state index is 12.7. The monoisotopic (exact) mass is 412 g/mol. The lowest BCUT2D eigenvalue weighted by atomic mass is 10.0. The van der Waals surface area contributed by atoms with Crippen LogP contribution >= 0.6 is 23.2 Å². The number of likely N-dealkylation sites (tertiary alicyclic amines) is 1. The molecule has 1 fully saturated rings. The van der Waals surface area contributed by atoms with Crippen LogP contribution in [0.1, 0.15) is 42.6 Å². The van der Waals surface area contributed by atoms with Gasteiger partial charge in [0.2, 0.25) is 5.89 Å². The number of benzene rings is 1. The van der Waals surface area contributed by atoms with E-state index in [4.69, 9.17) is 32.5 Å². The first kappa shape index (κ1) is 19.9. The highest BCUT2D eigenvalue weighted by atomic mass is 35.5. The highest BCUT2D eigenvalue weighted by Crippen LogP contribution is 2.30. The minimum Gasteiger partial charge on any atom is -0.384 e. The SMILES string of the molecule is COCCc1noc(C2CCCCN2C(=O)NCc2ccc(Cl)cc2Cl)n1. The zero-order valence-corrected chi connectivity index (χ0v) is 16.6. The number of amides is 2. The fourth-order valence-electron chi connectivity index (χ4n) is 3.07. The molecular weight excluding hydrogens is 391 g/mol. The third kappa shape index (κ3) is 5.12. The topological polar surface area (TPSA) is 80.5 Å². The quantitative estimate of drug-likeness (QED) is 0.774. The van der Waals surface area contributed by atoms with Crippen molar-refractivity contribution in [3.05, 3.63) is 45.5 Å². The number of urea groups is 1. The Bertz CT molecular complexity index is 784. The van der Waals surface area contributed by atoms with Crippen LogP contribution in [0.3, 0.4) is 0 Å². The first-order valence-corrected chi connectivity index (χ1v) is 9.64. The van der Waals surface area contributed by atoms with E-state index in [0.29, 0.717) is 47.9 Å². The Labute approximate surface area is 168 Å². The Kier molecular flexibility index (Phi) is 6.93. The Morgan fingerprint density at radius 3 is 3.04 bits per heavy atom. The Morgan fingerprint density at radius 1 is 1.41 bits per heavy atom. The lowest BCUT2D eigenvalue weighted by Gasteiger charge is -2.33. The Balaban J connectivity index is 1.65. The molecule has 1 aromatic carbocycles. The van der Waals surface area contributed by atoms with E-state index in [9.17, 15) is 4.79 Å². The largest absolute Gasteiger partial charge is 0.384 e. The van der Waals surface area contributed by atoms with E-state index in [1.54, 1.807) is 30.2 Å². The van der Waals surface area contributed by atoms with Crippen molar-refractivity contribution in [3.63, 3.8) is 0 Å². The minimum atomic E-state index is -0.219. The lowest BCUT2D eigenvalue weighted by Crippen LogP contribution is -2.44. The molecule has 2 heterocycles. The average molecular weight is 413 g/mol. The van der Waals surface area contributed by atoms with Crippen molar-refractivity contribution in [2.75, 3.05) is 20.3 Å². The van der Waals surface area contributed by atoms with Gasteiger partial charge in [0, 0.05) is 36.7 Å². The van der Waals surface area contributed by atoms with Crippen LogP contribution in [-0.2, 0) is 17.7 Å². The van der Waals surface area contributed by atoms with E-state index in [-0.39, 0.29) is 12.1 Å². The first-order valence-electron chi connectivity index (χ1n) is 8.88. The van der Waals surface area contributed by atoms with E-state index >= 15 is 0 Å². The molecule has 0 spiro atoms. The smallest absolute Gasteiger partial charge is 0.318 e. The third-order valence-electron chi connectivity index (χ3n) is 4.51. The molecule has 2 aromatic rings. The molecule has 0 bridgehead atoms. The van der Waals surface area contributed by atoms with Crippen molar-refractivity contribution < 1.29 is 14.1 Å². The second kappa shape index (κ2) is 9.39. The van der Waals surface area contributed by atoms with Crippen molar-refractivity contribution in [2.45, 2.75) is 38.3 Å². The molecule has 1 aliphatic heterocycles. The number of nitrogens with one attached hydrogen (secondary N) is 1. The van der Waals surface area contributed by atoms with E-state index in [0.717, 1.165) is 24.8 Å². The molecule has 7 nitrogen and oxygen atoms in total. The second-order valence-electron chi connectivity index (χ2n) is 6.39. The van der Waals surface area contributed by atoms with Crippen molar-refractivity contribution in [3.8, 4) is 0 Å². The maximum atomic E-state index is 12.7. The van der Waals surface area contributed by atoms with Crippen molar-refractivity contribution in [2.24, 2.45) is 0 Å². The number of piperidine rings is 1. The van der Waals surface area contributed by atoms with Crippen molar-refractivity contribution in [1.29, 1.82) is 0 Å². The molecule has 1 atom stereocenters. The fourth-order valence-corrected chi connectivity index (χ4v) is 3.54. The van der Waals surface area contributed by atoms with Crippen LogP contribution in [-0.4, -0.2) is 41.3 Å². The molecule has 0 radical (unpaired) electrons. The summed E-state index contributed by atoms with van der Waals surface area (Å²) in [5.41, 5.74) is 0.808. The lowest BCUT2D eigenvalue weighted by molar-refractivity contribution is 0.131. The summed E-state index contributed by atoms with van der Waals surface area (Å²) in [6.45, 7) is 1.48. The molecule has 0 saturated carbocycles. The standard InChI is InChI=1S/C18H22Cl2N4O3/c1-26-9-7-16-22-17(27-23-16)15-4-2-3-8-24(15)18(25)21-11-12-5-6-13(19)10-14(12)20/h5-6,10,15H,2-4,7-9,11H2,1H3,(H,21,25). The number of ether oxygens (including phenoxy) is 1. The summed E-state index contributed by atoms with van der Waals surface area (Å²) in [6, 6.07) is 4.82. The van der Waals surface area contributed by atoms with Gasteiger partial charge in [0.15, 0.2) is 5.82 Å². The van der Waals surface area contributed by atoms with E-state index in [1.165, 1.54) is 0 Å². The molecule has 2 amide bonds. The summed E-state index contributed by atoms with van der Waals surface area (Å²) in [7, 11) is 1.63. The predicted octanol–water partition coefficient (Wildman–Crippen LogP) is 4.00. The number of hydrogen-bond acceptors (Lipinski definition) is 5. The van der Waals surface area contributed by atoms with Gasteiger partial charge in [-0.25, -0.2) is 4.79 Å². The van der Waals surface area contributed by atoms with Crippen LogP contribution in [0.15, 0.2) is 22.7 Å². The molecule has 9 heteroatoms. The van der Waals surface area contributed by atoms with Crippen LogP contribution < -0.4 is 5.32 Å². The number of nitrogens with zero attached hydrogens (tertiary/aromatic N) is 3. The minimum absolute atomic E-state index is 0.178. The van der Waals surface area contributed by atoms with Crippen LogP contribution in [0.2, 0.25) is 10.0 Å². The van der Waals surface area contributed by atoms with Gasteiger partial charge >= 0.3 is 6.03 Å². The van der Waals surface area contributed by atoms with Gasteiger partial charge in [-0.15, -0.1) is 0 Å². The van der Waals surface area contributed by atoms with Crippen LogP contribution in [0.25, 0.3) is 0 Å². The number of hydrogen-bond donors (Lipinski definition) is 1. The molecule has 1 N–H and O–H groups in total. The number of carbonyl (C=O) groups excluding carboxylic acids is 1. The molecule has 1 aromatic heterocycles. The molecule has 3 rings (SSSR count). The van der Waals surface area contributed by atoms with Crippen LogP contribution in [0.4, 0.5) is 4.79 Å². The normalized spacial score (nSPS) is 17.1. The zero-order chi connectivity index (χ0) is 19.2. The molecule has 1 aliphatic rings. The Hall–Kier alpha value is -1.83. The summed E-state index contributed by atoms with van der Waals surface area (Å²) < 4.78 is 10.4. The summed E-state index contributed by atoms with van der Waals surface area (Å²) in [6.07, 6.45) is 3.32. The molecule has 0 aliphatic carbocycles. The van der Waals surface area contributed by atoms with Crippen molar-refractivity contribution >= 4 is 29.2 Å². The van der Waals surface area contributed by atoms with Crippen LogP contribution in [0.5, 0.6) is 0 Å². The molecule has 27 heavy (non-hydrogen) atoms. The second-order valence-corrected chi connectivity index (χ2v) is 7.23. The molecule has 146 valence electrons. The highest BCUT2D eigenvalue weighted by molar-refractivity contribution is 6.35. The van der Waals surface area contributed by atoms with Gasteiger partial charge in [0.1, 0.15) is 6.04 Å². The van der Waals surface area contributed by atoms with Gasteiger partial charge < -0.3 is 19.5 Å². The summed E-state index contributed by atoms with van der Waals surface area (Å²) in [5.74, 6) is 1.06. The third-order valence-corrected chi connectivity index (χ3v) is 5.09. The number of carbonyl (C=O) groups is 1. The highest BCUT2D eigenvalue weighted by Gasteiger charge is 2.32. The molecule has 1 unspecified atom stereocenters. The number of halogens is 2. The number of methoxy groups -OCH3 is 1. The van der Waals surface area contributed by atoms with Gasteiger partial charge in [0.25, 0.3) is 0 Å². The number of rotatable bonds is 6. The van der Waals surface area contributed by atoms with Crippen LogP contribution in [0, 0.1) is 0 Å². The molecule has 1 saturated heterocycles. The zero-order valence-electron chi connectivity index (χ0n) is 15.1. The first-order chi connectivity index (χ1) is 13.1. The van der Waals surface area contributed by atoms with Gasteiger partial charge in [-0.1, -0.05) is 34.4 Å². The van der Waals surface area contributed by atoms with Gasteiger partial charge in [-0.05, 0) is 37.0 Å². The van der Waals surface area contributed by atoms with Gasteiger partial charge in [-0.2, -0.15) is 4.98 Å². The summed E-state index contributed by atoms with van der Waals surface area (Å²) in [4.78, 5) is 18.9. The predicted molar refractivity (Wildman–Crippen MR) is 102 cm³/mol. The van der Waals surface area contributed by atoms with Crippen molar-refractivity contribution in [1.82, 2.24) is 20.4 Å². The Morgan fingerprint density at radius 2 is 2.26 bits per heavy atom. The summed E-state index contributed by atoms with van der Waals surface area (Å²) >= 11 is 12.1. The fraction of sp³-hybridized carbons (Fsp3) is 0.500. The molecular formula is C18H22Cl2N4O3. The van der Waals surface area contributed by atoms with Gasteiger partial charge in [0.05, 0.1) is 6.61 Å². The van der Waals surface area contributed by atoms with E-state index in [2.05, 4.69) is 15.5 Å².